The standard InChI is InChI=1S/C12H20N2/c1-5-11-12(7-6-9(2)3)13-8-10(4)14-11/h8-9H,5-7H2,1-4H3. The van der Waals surface area contributed by atoms with E-state index in [1.807, 2.05) is 13.1 Å². The Hall–Kier alpha value is -0.920. The predicted molar refractivity (Wildman–Crippen MR) is 59.3 cm³/mol. The van der Waals surface area contributed by atoms with Gasteiger partial charge in [0, 0.05) is 6.20 Å². The maximum atomic E-state index is 4.51. The Morgan fingerprint density at radius 2 is 2.00 bits per heavy atom. The largest absolute Gasteiger partial charge is 0.258 e. The summed E-state index contributed by atoms with van der Waals surface area (Å²) >= 11 is 0. The van der Waals surface area contributed by atoms with Crippen molar-refractivity contribution in [2.24, 2.45) is 5.92 Å². The number of nitrogens with zero attached hydrogens (tertiary/aromatic N) is 2. The topological polar surface area (TPSA) is 25.8 Å². The first-order chi connectivity index (χ1) is 6.63. The molecule has 0 aliphatic heterocycles. The Kier molecular flexibility index (Phi) is 4.05. The van der Waals surface area contributed by atoms with Gasteiger partial charge in [-0.05, 0) is 32.1 Å². The van der Waals surface area contributed by atoms with Crippen molar-refractivity contribution in [3.63, 3.8) is 0 Å². The molecule has 1 heterocycles. The average molecular weight is 192 g/mol. The summed E-state index contributed by atoms with van der Waals surface area (Å²) < 4.78 is 0. The van der Waals surface area contributed by atoms with Crippen LogP contribution in [-0.4, -0.2) is 9.97 Å². The predicted octanol–water partition coefficient (Wildman–Crippen LogP) is 2.94. The minimum absolute atomic E-state index is 0.739. The second-order valence-electron chi connectivity index (χ2n) is 4.19. The van der Waals surface area contributed by atoms with E-state index < -0.39 is 0 Å². The van der Waals surface area contributed by atoms with Gasteiger partial charge in [0.25, 0.3) is 0 Å². The zero-order chi connectivity index (χ0) is 10.6. The van der Waals surface area contributed by atoms with E-state index in [4.69, 9.17) is 0 Å². The minimum atomic E-state index is 0.739. The van der Waals surface area contributed by atoms with Gasteiger partial charge in [-0.1, -0.05) is 20.8 Å². The number of hydrogen-bond donors (Lipinski definition) is 0. The van der Waals surface area contributed by atoms with Gasteiger partial charge in [0.15, 0.2) is 0 Å². The van der Waals surface area contributed by atoms with Crippen LogP contribution in [0.2, 0.25) is 0 Å². The average Bonchev–Trinajstić information content (AvgIpc) is 2.15. The lowest BCUT2D eigenvalue weighted by Gasteiger charge is -2.08. The molecule has 0 unspecified atom stereocenters. The molecule has 0 atom stereocenters. The highest BCUT2D eigenvalue weighted by molar-refractivity contribution is 5.13. The molecule has 1 aromatic heterocycles. The molecule has 0 bridgehead atoms. The van der Waals surface area contributed by atoms with Crippen molar-refractivity contribution >= 4 is 0 Å². The lowest BCUT2D eigenvalue weighted by Crippen LogP contribution is -2.03. The van der Waals surface area contributed by atoms with E-state index in [1.165, 1.54) is 17.8 Å². The quantitative estimate of drug-likeness (QED) is 0.733. The molecule has 0 aromatic carbocycles. The van der Waals surface area contributed by atoms with Gasteiger partial charge in [-0.2, -0.15) is 0 Å². The third-order valence-corrected chi connectivity index (χ3v) is 2.35. The van der Waals surface area contributed by atoms with Crippen LogP contribution in [0.1, 0.15) is 44.3 Å². The van der Waals surface area contributed by atoms with E-state index in [-0.39, 0.29) is 0 Å². The van der Waals surface area contributed by atoms with Gasteiger partial charge in [-0.15, -0.1) is 0 Å². The Bertz CT molecular complexity index is 292. The van der Waals surface area contributed by atoms with Crippen LogP contribution in [-0.2, 0) is 12.8 Å². The Morgan fingerprint density at radius 1 is 1.29 bits per heavy atom. The van der Waals surface area contributed by atoms with E-state index in [1.54, 1.807) is 0 Å². The van der Waals surface area contributed by atoms with Crippen molar-refractivity contribution in [3.8, 4) is 0 Å². The zero-order valence-electron chi connectivity index (χ0n) is 9.67. The van der Waals surface area contributed by atoms with Gasteiger partial charge in [0.2, 0.25) is 0 Å². The second-order valence-corrected chi connectivity index (χ2v) is 4.19. The molecule has 1 aromatic rings. The molecule has 0 fully saturated rings. The Morgan fingerprint density at radius 3 is 2.57 bits per heavy atom. The van der Waals surface area contributed by atoms with Gasteiger partial charge >= 0.3 is 0 Å². The second kappa shape index (κ2) is 5.08. The van der Waals surface area contributed by atoms with E-state index >= 15 is 0 Å². The third kappa shape index (κ3) is 3.09. The first kappa shape index (κ1) is 11.2. The van der Waals surface area contributed by atoms with Crippen LogP contribution in [0, 0.1) is 12.8 Å². The summed E-state index contributed by atoms with van der Waals surface area (Å²) in [5.41, 5.74) is 3.38. The van der Waals surface area contributed by atoms with E-state index in [0.29, 0.717) is 0 Å². The van der Waals surface area contributed by atoms with Crippen LogP contribution < -0.4 is 0 Å². The molecule has 0 saturated heterocycles. The molecular formula is C12H20N2. The van der Waals surface area contributed by atoms with Crippen molar-refractivity contribution in [1.82, 2.24) is 9.97 Å². The Balaban J connectivity index is 2.75. The fraction of sp³-hybridized carbons (Fsp3) is 0.667. The van der Waals surface area contributed by atoms with Crippen molar-refractivity contribution in [1.29, 1.82) is 0 Å². The van der Waals surface area contributed by atoms with Gasteiger partial charge in [0.1, 0.15) is 0 Å². The maximum Gasteiger partial charge on any atom is 0.0619 e. The summed E-state index contributed by atoms with van der Waals surface area (Å²) in [5.74, 6) is 0.739. The SMILES string of the molecule is CCc1nc(C)cnc1CCC(C)C. The third-order valence-electron chi connectivity index (χ3n) is 2.35. The highest BCUT2D eigenvalue weighted by Crippen LogP contribution is 2.11. The van der Waals surface area contributed by atoms with Gasteiger partial charge in [-0.3, -0.25) is 9.97 Å². The first-order valence-corrected chi connectivity index (χ1v) is 5.44. The number of aromatic nitrogens is 2. The summed E-state index contributed by atoms with van der Waals surface area (Å²) in [4.78, 5) is 8.97. The van der Waals surface area contributed by atoms with Crippen molar-refractivity contribution in [2.75, 3.05) is 0 Å². The molecule has 0 radical (unpaired) electrons. The van der Waals surface area contributed by atoms with E-state index in [0.717, 1.165) is 24.5 Å². The van der Waals surface area contributed by atoms with Crippen LogP contribution in [0.5, 0.6) is 0 Å². The van der Waals surface area contributed by atoms with E-state index in [2.05, 4.69) is 30.7 Å². The molecule has 2 nitrogen and oxygen atoms in total. The molecule has 0 saturated carbocycles. The zero-order valence-corrected chi connectivity index (χ0v) is 9.67. The molecule has 0 N–H and O–H groups in total. The molecule has 0 amide bonds. The number of aryl methyl sites for hydroxylation is 3. The molecule has 1 rings (SSSR count). The molecule has 14 heavy (non-hydrogen) atoms. The first-order valence-electron chi connectivity index (χ1n) is 5.44. The van der Waals surface area contributed by atoms with Crippen LogP contribution in [0.3, 0.4) is 0 Å². The molecule has 2 heteroatoms. The summed E-state index contributed by atoms with van der Waals surface area (Å²) in [7, 11) is 0. The van der Waals surface area contributed by atoms with Crippen LogP contribution >= 0.6 is 0 Å². The monoisotopic (exact) mass is 192 g/mol. The molecule has 0 spiro atoms. The summed E-state index contributed by atoms with van der Waals surface area (Å²) in [6.45, 7) is 8.63. The van der Waals surface area contributed by atoms with Crippen LogP contribution in [0.25, 0.3) is 0 Å². The van der Waals surface area contributed by atoms with Crippen molar-refractivity contribution in [2.45, 2.75) is 47.0 Å². The molecule has 0 aliphatic rings. The van der Waals surface area contributed by atoms with Crippen LogP contribution in [0.15, 0.2) is 6.20 Å². The number of hydrogen-bond acceptors (Lipinski definition) is 2. The fourth-order valence-electron chi connectivity index (χ4n) is 1.47. The normalized spacial score (nSPS) is 10.9. The van der Waals surface area contributed by atoms with Gasteiger partial charge in [0.05, 0.1) is 17.1 Å². The van der Waals surface area contributed by atoms with Crippen LogP contribution in [0.4, 0.5) is 0 Å². The van der Waals surface area contributed by atoms with Gasteiger partial charge in [-0.25, -0.2) is 0 Å². The summed E-state index contributed by atoms with van der Waals surface area (Å²) in [6, 6.07) is 0. The summed E-state index contributed by atoms with van der Waals surface area (Å²) in [6.07, 6.45) is 5.12. The van der Waals surface area contributed by atoms with E-state index in [9.17, 15) is 0 Å². The van der Waals surface area contributed by atoms with Crippen molar-refractivity contribution in [3.05, 3.63) is 23.3 Å². The molecule has 0 aliphatic carbocycles. The Labute approximate surface area is 86.8 Å². The van der Waals surface area contributed by atoms with Gasteiger partial charge < -0.3 is 0 Å². The lowest BCUT2D eigenvalue weighted by atomic mass is 10.0. The fourth-order valence-corrected chi connectivity index (χ4v) is 1.47. The highest BCUT2D eigenvalue weighted by Gasteiger charge is 2.05. The van der Waals surface area contributed by atoms with Crippen molar-refractivity contribution < 1.29 is 0 Å². The molecular weight excluding hydrogens is 172 g/mol. The summed E-state index contributed by atoms with van der Waals surface area (Å²) in [5, 5.41) is 0. The minimum Gasteiger partial charge on any atom is -0.258 e. The smallest absolute Gasteiger partial charge is 0.0619 e. The lowest BCUT2D eigenvalue weighted by molar-refractivity contribution is 0.577. The molecule has 78 valence electrons. The maximum absolute atomic E-state index is 4.51. The number of rotatable bonds is 4. The highest BCUT2D eigenvalue weighted by atomic mass is 14.8.